The first-order valence-corrected chi connectivity index (χ1v) is 14.1. The summed E-state index contributed by atoms with van der Waals surface area (Å²) in [6.07, 6.45) is 4.34. The van der Waals surface area contributed by atoms with Gasteiger partial charge in [-0.15, -0.1) is 13.2 Å². The molecule has 4 aromatic carbocycles. The monoisotopic (exact) mass is 538 g/mol. The number of aliphatic imine (C=N–C) groups is 2. The highest BCUT2D eigenvalue weighted by atomic mass is 16.5. The van der Waals surface area contributed by atoms with Crippen LogP contribution in [0.1, 0.15) is 59.4 Å². The van der Waals surface area contributed by atoms with Crippen LogP contribution in [0, 0.1) is 5.41 Å². The molecule has 6 rings (SSSR count). The Hall–Kier alpha value is -4.70. The number of hydrogen-bond acceptors (Lipinski definition) is 4. The summed E-state index contributed by atoms with van der Waals surface area (Å²) >= 11 is 0. The van der Waals surface area contributed by atoms with E-state index in [2.05, 4.69) is 61.7 Å². The van der Waals surface area contributed by atoms with Crippen molar-refractivity contribution in [3.63, 3.8) is 0 Å². The van der Waals surface area contributed by atoms with Gasteiger partial charge < -0.3 is 9.47 Å². The zero-order valence-electron chi connectivity index (χ0n) is 23.1. The molecule has 204 valence electrons. The summed E-state index contributed by atoms with van der Waals surface area (Å²) in [6, 6.07) is 40.9. The van der Waals surface area contributed by atoms with E-state index >= 15 is 0 Å². The van der Waals surface area contributed by atoms with Gasteiger partial charge in [0.25, 0.3) is 0 Å². The molecule has 0 N–H and O–H groups in total. The number of hydrogen-bond donors (Lipinski definition) is 0. The van der Waals surface area contributed by atoms with Gasteiger partial charge in [0.15, 0.2) is 12.2 Å². The van der Waals surface area contributed by atoms with Gasteiger partial charge in [0.1, 0.15) is 17.5 Å². The number of rotatable bonds is 10. The van der Waals surface area contributed by atoms with E-state index in [1.54, 1.807) is 0 Å². The van der Waals surface area contributed by atoms with Gasteiger partial charge in [-0.05, 0) is 35.1 Å². The van der Waals surface area contributed by atoms with Gasteiger partial charge in [-0.2, -0.15) is 0 Å². The van der Waals surface area contributed by atoms with E-state index in [9.17, 15) is 0 Å². The van der Waals surface area contributed by atoms with Crippen LogP contribution in [0.25, 0.3) is 0 Å². The minimum absolute atomic E-state index is 0.209. The second kappa shape index (κ2) is 11.8. The van der Waals surface area contributed by atoms with E-state index in [-0.39, 0.29) is 24.3 Å². The second-order valence-electron chi connectivity index (χ2n) is 10.5. The molecular formula is C37H34N2O2. The zero-order chi connectivity index (χ0) is 28.1. The third-order valence-corrected chi connectivity index (χ3v) is 7.91. The van der Waals surface area contributed by atoms with E-state index in [0.29, 0.717) is 24.6 Å². The molecule has 2 heterocycles. The third-order valence-electron chi connectivity index (χ3n) is 7.91. The minimum Gasteiger partial charge on any atom is -0.469 e. The average Bonchev–Trinajstić information content (AvgIpc) is 3.69. The standard InChI is InChI=1S/C37H34N2O2/c1-3-25-37(26-4-2,35-38-31(27-17-9-5-10-18-27)33(40-35)29-21-13-7-14-22-29)36-39-32(28-19-11-6-12-20-28)34(41-36)30-23-15-8-16-24-30/h3-24,31-34H,1-2,25-26H2/t31-,32-,33-,34+/m1/s1. The molecule has 0 aliphatic carbocycles. The van der Waals surface area contributed by atoms with Crippen molar-refractivity contribution < 1.29 is 9.47 Å². The predicted octanol–water partition coefficient (Wildman–Crippen LogP) is 8.95. The molecule has 0 fully saturated rings. The fraction of sp³-hybridized carbons (Fsp3) is 0.189. The van der Waals surface area contributed by atoms with Crippen molar-refractivity contribution in [2.24, 2.45) is 15.4 Å². The van der Waals surface area contributed by atoms with Gasteiger partial charge in [-0.25, -0.2) is 9.98 Å². The smallest absolute Gasteiger partial charge is 0.201 e. The van der Waals surface area contributed by atoms with E-state index in [4.69, 9.17) is 19.5 Å². The molecule has 0 spiro atoms. The van der Waals surface area contributed by atoms with Crippen molar-refractivity contribution >= 4 is 11.8 Å². The number of benzene rings is 4. The molecule has 4 aromatic rings. The van der Waals surface area contributed by atoms with Gasteiger partial charge in [0.2, 0.25) is 11.8 Å². The highest BCUT2D eigenvalue weighted by Crippen LogP contribution is 2.50. The van der Waals surface area contributed by atoms with Crippen LogP contribution in [-0.2, 0) is 9.47 Å². The Morgan fingerprint density at radius 2 is 0.829 bits per heavy atom. The summed E-state index contributed by atoms with van der Waals surface area (Å²) in [5, 5.41) is 0. The van der Waals surface area contributed by atoms with Gasteiger partial charge in [-0.3, -0.25) is 0 Å². The Morgan fingerprint density at radius 3 is 1.15 bits per heavy atom. The van der Waals surface area contributed by atoms with Crippen LogP contribution in [-0.4, -0.2) is 11.8 Å². The van der Waals surface area contributed by atoms with Crippen LogP contribution in [0.4, 0.5) is 0 Å². The van der Waals surface area contributed by atoms with Crippen LogP contribution < -0.4 is 0 Å². The van der Waals surface area contributed by atoms with E-state index < -0.39 is 5.41 Å². The molecule has 4 atom stereocenters. The van der Waals surface area contributed by atoms with E-state index in [1.165, 1.54) is 0 Å². The Bertz CT molecular complexity index is 1410. The van der Waals surface area contributed by atoms with Crippen molar-refractivity contribution in [2.75, 3.05) is 0 Å². The number of nitrogens with zero attached hydrogens (tertiary/aromatic N) is 2. The lowest BCUT2D eigenvalue weighted by Crippen LogP contribution is -2.40. The topological polar surface area (TPSA) is 43.2 Å². The van der Waals surface area contributed by atoms with E-state index in [1.807, 2.05) is 84.9 Å². The van der Waals surface area contributed by atoms with Gasteiger partial charge in [0, 0.05) is 0 Å². The molecule has 0 saturated heterocycles. The molecular weight excluding hydrogens is 504 g/mol. The third kappa shape index (κ3) is 5.14. The van der Waals surface area contributed by atoms with Gasteiger partial charge >= 0.3 is 0 Å². The Labute approximate surface area is 242 Å². The molecule has 2 aliphatic rings. The molecule has 0 unspecified atom stereocenters. The van der Waals surface area contributed by atoms with Crippen LogP contribution >= 0.6 is 0 Å². The summed E-state index contributed by atoms with van der Waals surface area (Å²) in [7, 11) is 0. The molecule has 0 bridgehead atoms. The SMILES string of the molecule is C=CCC(CC=C)(C1=N[C@H](c2ccccc2)[C@@H](c2ccccc2)O1)C1=N[C@H](c2ccccc2)[C@H](c2ccccc2)O1. The lowest BCUT2D eigenvalue weighted by Gasteiger charge is -2.31. The zero-order valence-corrected chi connectivity index (χ0v) is 23.1. The van der Waals surface area contributed by atoms with Crippen molar-refractivity contribution in [1.82, 2.24) is 0 Å². The molecule has 4 heteroatoms. The van der Waals surface area contributed by atoms with Crippen molar-refractivity contribution in [1.29, 1.82) is 0 Å². The number of ether oxygens (including phenoxy) is 2. The first kappa shape index (κ1) is 26.5. The first-order chi connectivity index (χ1) is 20.2. The molecule has 0 radical (unpaired) electrons. The molecule has 2 aliphatic heterocycles. The van der Waals surface area contributed by atoms with Crippen LogP contribution in [0.3, 0.4) is 0 Å². The summed E-state index contributed by atoms with van der Waals surface area (Å²) in [4.78, 5) is 10.6. The van der Waals surface area contributed by atoms with Gasteiger partial charge in [-0.1, -0.05) is 133 Å². The van der Waals surface area contributed by atoms with E-state index in [0.717, 1.165) is 22.3 Å². The highest BCUT2D eigenvalue weighted by molar-refractivity contribution is 6.07. The first-order valence-electron chi connectivity index (χ1n) is 14.1. The van der Waals surface area contributed by atoms with Crippen LogP contribution in [0.2, 0.25) is 0 Å². The van der Waals surface area contributed by atoms with Crippen LogP contribution in [0.5, 0.6) is 0 Å². The Morgan fingerprint density at radius 1 is 0.512 bits per heavy atom. The second-order valence-corrected chi connectivity index (χ2v) is 10.5. The summed E-state index contributed by atoms with van der Waals surface area (Å²) < 4.78 is 13.7. The maximum absolute atomic E-state index is 6.87. The fourth-order valence-corrected chi connectivity index (χ4v) is 5.89. The molecule has 4 nitrogen and oxygen atoms in total. The van der Waals surface area contributed by atoms with Crippen molar-refractivity contribution in [3.05, 3.63) is 169 Å². The van der Waals surface area contributed by atoms with Crippen molar-refractivity contribution in [2.45, 2.75) is 37.1 Å². The summed E-state index contributed by atoms with van der Waals surface area (Å²) in [6.45, 7) is 8.25. The Balaban J connectivity index is 1.47. The lowest BCUT2D eigenvalue weighted by molar-refractivity contribution is 0.155. The summed E-state index contributed by atoms with van der Waals surface area (Å²) in [5.74, 6) is 1.22. The van der Waals surface area contributed by atoms with Crippen LogP contribution in [0.15, 0.2) is 157 Å². The Kier molecular flexibility index (Phi) is 7.64. The average molecular weight is 539 g/mol. The summed E-state index contributed by atoms with van der Waals surface area (Å²) in [5.41, 5.74) is 3.56. The lowest BCUT2D eigenvalue weighted by atomic mass is 9.80. The van der Waals surface area contributed by atoms with Gasteiger partial charge in [0.05, 0.1) is 0 Å². The quantitative estimate of drug-likeness (QED) is 0.189. The molecule has 0 amide bonds. The maximum Gasteiger partial charge on any atom is 0.201 e. The normalized spacial score (nSPS) is 21.8. The number of allylic oxidation sites excluding steroid dienone is 2. The molecule has 0 saturated carbocycles. The maximum atomic E-state index is 6.87. The molecule has 0 aromatic heterocycles. The highest BCUT2D eigenvalue weighted by Gasteiger charge is 2.51. The largest absolute Gasteiger partial charge is 0.469 e. The fourth-order valence-electron chi connectivity index (χ4n) is 5.89. The predicted molar refractivity (Wildman–Crippen MR) is 166 cm³/mol. The van der Waals surface area contributed by atoms with Crippen molar-refractivity contribution in [3.8, 4) is 0 Å². The minimum atomic E-state index is -0.781. The molecule has 41 heavy (non-hydrogen) atoms.